The van der Waals surface area contributed by atoms with Crippen LogP contribution in [0.25, 0.3) is 16.8 Å². The van der Waals surface area contributed by atoms with Gasteiger partial charge in [-0.25, -0.2) is 14.3 Å². The van der Waals surface area contributed by atoms with Gasteiger partial charge >= 0.3 is 6.03 Å². The topological polar surface area (TPSA) is 122 Å². The van der Waals surface area contributed by atoms with E-state index < -0.39 is 11.8 Å². The van der Waals surface area contributed by atoms with Gasteiger partial charge in [-0.1, -0.05) is 0 Å². The van der Waals surface area contributed by atoms with Crippen LogP contribution in [0.1, 0.15) is 47.9 Å². The number of piperidine rings is 1. The second-order valence-corrected chi connectivity index (χ2v) is 9.44. The maximum absolute atomic E-state index is 13.2. The Labute approximate surface area is 206 Å². The van der Waals surface area contributed by atoms with Crippen LogP contribution in [0.5, 0.6) is 0 Å². The summed E-state index contributed by atoms with van der Waals surface area (Å²) < 4.78 is 3.27. The summed E-state index contributed by atoms with van der Waals surface area (Å²) in [4.78, 5) is 59.7. The number of amides is 4. The molecule has 36 heavy (non-hydrogen) atoms. The zero-order chi connectivity index (χ0) is 25.0. The summed E-state index contributed by atoms with van der Waals surface area (Å²) in [7, 11) is 0. The summed E-state index contributed by atoms with van der Waals surface area (Å²) in [6.07, 6.45) is 7.84. The Bertz CT molecular complexity index is 1470. The first-order chi connectivity index (χ1) is 17.4. The minimum atomic E-state index is -0.539. The molecule has 0 aromatic carbocycles. The molecule has 1 atom stereocenters. The smallest absolute Gasteiger partial charge is 0.320 e. The number of hydrogen-bond acceptors (Lipinski definition) is 6. The molecule has 1 N–H and O–H groups in total. The second kappa shape index (κ2) is 8.43. The third-order valence-corrected chi connectivity index (χ3v) is 7.20. The molecule has 4 amide bonds. The van der Waals surface area contributed by atoms with E-state index in [9.17, 15) is 19.2 Å². The van der Waals surface area contributed by atoms with Crippen molar-refractivity contribution in [3.05, 3.63) is 53.7 Å². The number of carbonyl (C=O) groups excluding carboxylic acids is 4. The molecule has 3 aliphatic rings. The lowest BCUT2D eigenvalue weighted by Crippen LogP contribution is -2.50. The number of urea groups is 1. The molecule has 1 unspecified atom stereocenters. The summed E-state index contributed by atoms with van der Waals surface area (Å²) in [5, 5.41) is 6.62. The zero-order valence-electron chi connectivity index (χ0n) is 19.8. The molecule has 1 saturated heterocycles. The van der Waals surface area contributed by atoms with Gasteiger partial charge in [0.1, 0.15) is 0 Å². The van der Waals surface area contributed by atoms with Crippen LogP contribution in [0.2, 0.25) is 0 Å². The highest BCUT2D eigenvalue weighted by molar-refractivity contribution is 6.49. The van der Waals surface area contributed by atoms with Gasteiger partial charge in [0.05, 0.1) is 35.3 Å². The number of aromatic nitrogens is 4. The van der Waals surface area contributed by atoms with Crippen LogP contribution in [0.3, 0.4) is 0 Å². The summed E-state index contributed by atoms with van der Waals surface area (Å²) in [5.41, 5.74) is 2.15. The summed E-state index contributed by atoms with van der Waals surface area (Å²) in [6, 6.07) is 5.17. The monoisotopic (exact) mass is 487 g/mol. The van der Waals surface area contributed by atoms with Crippen molar-refractivity contribution in [1.29, 1.82) is 0 Å². The standard InChI is InChI=1S/C25H25N7O4/c1-15-5-2-3-8-31(15)25(36)30-10-9-29-13-16(11-17(29)19(33)14-30)21-22(24(35)28-23(21)34)18-12-26-20-6-4-7-27-32(18)20/h4,6-7,11-13,15H,2-3,5,8-10,14H2,1H3,(H,28,34,35). The van der Waals surface area contributed by atoms with E-state index in [-0.39, 0.29) is 35.5 Å². The fraction of sp³-hybridized carbons (Fsp3) is 0.360. The van der Waals surface area contributed by atoms with Crippen LogP contribution in [0.4, 0.5) is 4.79 Å². The third-order valence-electron chi connectivity index (χ3n) is 7.20. The Balaban J connectivity index is 1.33. The molecule has 0 bridgehead atoms. The normalized spacial score (nSPS) is 20.7. The Morgan fingerprint density at radius 2 is 1.89 bits per heavy atom. The number of rotatable bonds is 2. The third kappa shape index (κ3) is 3.50. The van der Waals surface area contributed by atoms with E-state index in [4.69, 9.17) is 0 Å². The number of hydrogen-bond donors (Lipinski definition) is 1. The highest BCUT2D eigenvalue weighted by Gasteiger charge is 2.36. The Kier molecular flexibility index (Phi) is 5.20. The van der Waals surface area contributed by atoms with Gasteiger partial charge in [0.25, 0.3) is 11.8 Å². The molecule has 0 spiro atoms. The van der Waals surface area contributed by atoms with E-state index in [1.54, 1.807) is 40.1 Å². The van der Waals surface area contributed by atoms with E-state index in [0.29, 0.717) is 42.2 Å². The van der Waals surface area contributed by atoms with Crippen molar-refractivity contribution >= 4 is 40.4 Å². The van der Waals surface area contributed by atoms with E-state index in [2.05, 4.69) is 15.4 Å². The molecule has 3 aromatic heterocycles. The lowest BCUT2D eigenvalue weighted by Gasteiger charge is -2.36. The van der Waals surface area contributed by atoms with Crippen molar-refractivity contribution in [2.45, 2.75) is 38.8 Å². The highest BCUT2D eigenvalue weighted by atomic mass is 16.2. The second-order valence-electron chi connectivity index (χ2n) is 9.44. The molecular weight excluding hydrogens is 462 g/mol. The molecule has 11 heteroatoms. The largest absolute Gasteiger partial charge is 0.343 e. The van der Waals surface area contributed by atoms with Crippen molar-refractivity contribution in [2.75, 3.05) is 19.6 Å². The lowest BCUT2D eigenvalue weighted by molar-refractivity contribution is -0.122. The molecule has 184 valence electrons. The number of nitrogens with zero attached hydrogens (tertiary/aromatic N) is 6. The maximum atomic E-state index is 13.2. The molecule has 0 radical (unpaired) electrons. The number of fused-ring (bicyclic) bond motifs is 2. The molecule has 0 aliphatic carbocycles. The molecule has 3 aliphatic heterocycles. The molecule has 6 rings (SSSR count). The van der Waals surface area contributed by atoms with Crippen molar-refractivity contribution in [3.8, 4) is 0 Å². The van der Waals surface area contributed by atoms with Crippen LogP contribution in [0.15, 0.2) is 36.8 Å². The minimum Gasteiger partial charge on any atom is -0.343 e. The van der Waals surface area contributed by atoms with Gasteiger partial charge in [0.15, 0.2) is 11.4 Å². The van der Waals surface area contributed by atoms with Crippen LogP contribution in [-0.2, 0) is 16.1 Å². The van der Waals surface area contributed by atoms with Gasteiger partial charge in [0.2, 0.25) is 0 Å². The molecule has 6 heterocycles. The fourth-order valence-electron chi connectivity index (χ4n) is 5.33. The van der Waals surface area contributed by atoms with Gasteiger partial charge in [-0.05, 0) is 44.4 Å². The summed E-state index contributed by atoms with van der Waals surface area (Å²) in [5.74, 6) is -1.28. The predicted octanol–water partition coefficient (Wildman–Crippen LogP) is 1.59. The number of Topliss-reactive ketones (excluding diaryl/α,β-unsaturated/α-hetero) is 1. The molecule has 3 aromatic rings. The van der Waals surface area contributed by atoms with Crippen molar-refractivity contribution < 1.29 is 19.2 Å². The number of nitrogens with one attached hydrogen (secondary N) is 1. The van der Waals surface area contributed by atoms with Gasteiger partial charge in [-0.2, -0.15) is 5.10 Å². The molecule has 1 fully saturated rings. The highest BCUT2D eigenvalue weighted by Crippen LogP contribution is 2.33. The van der Waals surface area contributed by atoms with E-state index in [1.165, 1.54) is 10.7 Å². The first-order valence-corrected chi connectivity index (χ1v) is 12.1. The number of likely N-dealkylation sites (tertiary alicyclic amines) is 1. The molecular formula is C25H25N7O4. The van der Waals surface area contributed by atoms with E-state index in [1.807, 2.05) is 11.8 Å². The summed E-state index contributed by atoms with van der Waals surface area (Å²) >= 11 is 0. The average Bonchev–Trinajstić information content (AvgIpc) is 3.53. The van der Waals surface area contributed by atoms with E-state index >= 15 is 0 Å². The lowest BCUT2D eigenvalue weighted by atomic mass is 10.0. The Morgan fingerprint density at radius 1 is 1.06 bits per heavy atom. The van der Waals surface area contributed by atoms with Crippen LogP contribution in [0, 0.1) is 0 Å². The number of imidazole rings is 1. The SMILES string of the molecule is CC1CCCCN1C(=O)N1CCn2cc(C3=C(c4cnc5cccnn45)C(=O)NC3=O)cc2C(=O)C1. The van der Waals surface area contributed by atoms with Crippen LogP contribution < -0.4 is 5.32 Å². The molecule has 11 nitrogen and oxygen atoms in total. The fourth-order valence-corrected chi connectivity index (χ4v) is 5.33. The molecule has 0 saturated carbocycles. The number of carbonyl (C=O) groups is 4. The first-order valence-electron chi connectivity index (χ1n) is 12.1. The van der Waals surface area contributed by atoms with Gasteiger partial charge in [-0.15, -0.1) is 0 Å². The minimum absolute atomic E-state index is 0.0281. The van der Waals surface area contributed by atoms with Gasteiger partial charge in [-0.3, -0.25) is 19.7 Å². The van der Waals surface area contributed by atoms with Gasteiger partial charge < -0.3 is 14.4 Å². The van der Waals surface area contributed by atoms with Crippen molar-refractivity contribution in [3.63, 3.8) is 0 Å². The van der Waals surface area contributed by atoms with Crippen LogP contribution in [-0.4, -0.2) is 78.3 Å². The van der Waals surface area contributed by atoms with Gasteiger partial charge in [0, 0.05) is 43.6 Å². The summed E-state index contributed by atoms with van der Waals surface area (Å²) in [6.45, 7) is 3.51. The van der Waals surface area contributed by atoms with Crippen LogP contribution >= 0.6 is 0 Å². The number of ketones is 1. The zero-order valence-corrected chi connectivity index (χ0v) is 19.8. The maximum Gasteiger partial charge on any atom is 0.320 e. The van der Waals surface area contributed by atoms with Crippen molar-refractivity contribution in [2.24, 2.45) is 0 Å². The first kappa shape index (κ1) is 22.2. The van der Waals surface area contributed by atoms with Crippen molar-refractivity contribution in [1.82, 2.24) is 34.3 Å². The Morgan fingerprint density at radius 3 is 2.72 bits per heavy atom. The number of imide groups is 1. The van der Waals surface area contributed by atoms with E-state index in [0.717, 1.165) is 19.3 Å². The average molecular weight is 488 g/mol. The quantitative estimate of drug-likeness (QED) is 0.548. The predicted molar refractivity (Wildman–Crippen MR) is 129 cm³/mol. The Hall–Kier alpha value is -4.28.